The Morgan fingerprint density at radius 1 is 1.00 bits per heavy atom. The summed E-state index contributed by atoms with van der Waals surface area (Å²) >= 11 is 19.5. The summed E-state index contributed by atoms with van der Waals surface area (Å²) in [6, 6.07) is 18.4. The van der Waals surface area contributed by atoms with E-state index in [-0.39, 0.29) is 5.91 Å². The Morgan fingerprint density at radius 3 is 2.46 bits per heavy atom. The normalized spacial score (nSPS) is 14.5. The monoisotopic (exact) mass is 545 g/mol. The molecular formula is C26H21Cl2NO4S2. The number of thiocarbonyl (C=S) groups is 1. The standard InChI is InChI=1S/C26H21Cl2NO4S2/c1-3-32-22-12-17(11-20(28)24(22)33-15-16-7-5-4-6-8-16)13-23-25(30)29(26(34)35-23)18-9-10-21(31-2)19(27)14-18/h4-14H,3,15H2,1-2H3/b23-13-. The molecule has 0 atom stereocenters. The summed E-state index contributed by atoms with van der Waals surface area (Å²) in [6.45, 7) is 2.66. The number of methoxy groups -OCH3 is 1. The lowest BCUT2D eigenvalue weighted by molar-refractivity contribution is -0.113. The van der Waals surface area contributed by atoms with Crippen LogP contribution in [-0.2, 0) is 11.4 Å². The van der Waals surface area contributed by atoms with Crippen molar-refractivity contribution in [3.05, 3.63) is 86.7 Å². The average Bonchev–Trinajstić information content (AvgIpc) is 3.11. The van der Waals surface area contributed by atoms with Crippen LogP contribution in [0.25, 0.3) is 6.08 Å². The fourth-order valence-corrected chi connectivity index (χ4v) is 5.26. The van der Waals surface area contributed by atoms with Crippen LogP contribution in [0.4, 0.5) is 5.69 Å². The first-order valence-electron chi connectivity index (χ1n) is 10.7. The molecule has 1 amide bonds. The van der Waals surface area contributed by atoms with Crippen LogP contribution in [-0.4, -0.2) is 23.9 Å². The molecule has 1 fully saturated rings. The number of benzene rings is 3. The Kier molecular flexibility index (Phi) is 8.23. The van der Waals surface area contributed by atoms with Crippen molar-refractivity contribution in [1.29, 1.82) is 0 Å². The molecule has 3 aromatic rings. The first kappa shape index (κ1) is 25.4. The van der Waals surface area contributed by atoms with E-state index in [1.54, 1.807) is 36.4 Å². The third-order valence-electron chi connectivity index (χ3n) is 5.04. The third kappa shape index (κ3) is 5.76. The maximum Gasteiger partial charge on any atom is 0.270 e. The van der Waals surface area contributed by atoms with Gasteiger partial charge in [-0.25, -0.2) is 0 Å². The van der Waals surface area contributed by atoms with Crippen LogP contribution in [0.2, 0.25) is 10.0 Å². The van der Waals surface area contributed by atoms with Gasteiger partial charge in [0, 0.05) is 0 Å². The molecule has 1 aliphatic heterocycles. The van der Waals surface area contributed by atoms with Gasteiger partial charge in [-0.3, -0.25) is 9.69 Å². The van der Waals surface area contributed by atoms with Gasteiger partial charge in [0.05, 0.1) is 34.4 Å². The lowest BCUT2D eigenvalue weighted by Gasteiger charge is -2.16. The minimum absolute atomic E-state index is 0.250. The minimum Gasteiger partial charge on any atom is -0.495 e. The number of hydrogen-bond donors (Lipinski definition) is 0. The van der Waals surface area contributed by atoms with Gasteiger partial charge in [-0.15, -0.1) is 0 Å². The number of anilines is 1. The smallest absolute Gasteiger partial charge is 0.270 e. The molecule has 3 aromatic carbocycles. The van der Waals surface area contributed by atoms with E-state index in [4.69, 9.17) is 49.6 Å². The summed E-state index contributed by atoms with van der Waals surface area (Å²) in [5.74, 6) is 1.22. The summed E-state index contributed by atoms with van der Waals surface area (Å²) in [5, 5.41) is 0.776. The number of thioether (sulfide) groups is 1. The second kappa shape index (κ2) is 11.4. The Morgan fingerprint density at radius 2 is 1.77 bits per heavy atom. The van der Waals surface area contributed by atoms with E-state index in [2.05, 4.69) is 0 Å². The van der Waals surface area contributed by atoms with Crippen molar-refractivity contribution < 1.29 is 19.0 Å². The largest absolute Gasteiger partial charge is 0.495 e. The number of hydrogen-bond acceptors (Lipinski definition) is 6. The minimum atomic E-state index is -0.250. The molecule has 9 heteroatoms. The van der Waals surface area contributed by atoms with Crippen LogP contribution in [0.15, 0.2) is 65.6 Å². The molecule has 1 aliphatic rings. The molecule has 0 bridgehead atoms. The van der Waals surface area contributed by atoms with E-state index in [0.717, 1.165) is 5.56 Å². The van der Waals surface area contributed by atoms with Gasteiger partial charge in [-0.2, -0.15) is 0 Å². The number of rotatable bonds is 8. The quantitative estimate of drug-likeness (QED) is 0.217. The van der Waals surface area contributed by atoms with Crippen molar-refractivity contribution in [3.63, 3.8) is 0 Å². The molecular weight excluding hydrogens is 525 g/mol. The number of nitrogens with zero attached hydrogens (tertiary/aromatic N) is 1. The van der Waals surface area contributed by atoms with Gasteiger partial charge >= 0.3 is 0 Å². The second-order valence-electron chi connectivity index (χ2n) is 7.37. The summed E-state index contributed by atoms with van der Waals surface area (Å²) < 4.78 is 17.4. The molecule has 180 valence electrons. The molecule has 4 rings (SSSR count). The fourth-order valence-electron chi connectivity index (χ4n) is 3.44. The zero-order chi connectivity index (χ0) is 24.9. The molecule has 0 N–H and O–H groups in total. The van der Waals surface area contributed by atoms with Gasteiger partial charge in [0.2, 0.25) is 0 Å². The SMILES string of the molecule is CCOc1cc(/C=C2\SC(=S)N(c3ccc(OC)c(Cl)c3)C2=O)cc(Cl)c1OCc1ccccc1. The van der Waals surface area contributed by atoms with Gasteiger partial charge < -0.3 is 14.2 Å². The fraction of sp³-hybridized carbons (Fsp3) is 0.154. The van der Waals surface area contributed by atoms with Crippen molar-refractivity contribution in [2.45, 2.75) is 13.5 Å². The molecule has 0 aliphatic carbocycles. The van der Waals surface area contributed by atoms with Crippen LogP contribution >= 0.6 is 47.2 Å². The highest BCUT2D eigenvalue weighted by molar-refractivity contribution is 8.27. The number of halogens is 2. The van der Waals surface area contributed by atoms with Crippen molar-refractivity contribution in [2.75, 3.05) is 18.6 Å². The molecule has 0 unspecified atom stereocenters. The number of amides is 1. The van der Waals surface area contributed by atoms with Crippen LogP contribution in [0.5, 0.6) is 17.2 Å². The van der Waals surface area contributed by atoms with E-state index in [9.17, 15) is 4.79 Å². The van der Waals surface area contributed by atoms with E-state index < -0.39 is 0 Å². The van der Waals surface area contributed by atoms with Gasteiger partial charge in [-0.05, 0) is 54.5 Å². The molecule has 0 spiro atoms. The number of carbonyl (C=O) groups is 1. The summed E-state index contributed by atoms with van der Waals surface area (Å²) in [6.07, 6.45) is 1.74. The Bertz CT molecular complexity index is 1300. The maximum atomic E-state index is 13.2. The summed E-state index contributed by atoms with van der Waals surface area (Å²) in [4.78, 5) is 15.1. The Labute approximate surface area is 223 Å². The van der Waals surface area contributed by atoms with Gasteiger partial charge in [-0.1, -0.05) is 77.5 Å². The van der Waals surface area contributed by atoms with E-state index >= 15 is 0 Å². The summed E-state index contributed by atoms with van der Waals surface area (Å²) in [7, 11) is 1.53. The Balaban J connectivity index is 1.60. The highest BCUT2D eigenvalue weighted by atomic mass is 35.5. The third-order valence-corrected chi connectivity index (χ3v) is 6.92. The molecule has 0 aromatic heterocycles. The van der Waals surface area contributed by atoms with E-state index in [1.165, 1.54) is 23.8 Å². The van der Waals surface area contributed by atoms with Crippen LogP contribution in [0.3, 0.4) is 0 Å². The van der Waals surface area contributed by atoms with Crippen molar-refractivity contribution in [1.82, 2.24) is 0 Å². The lowest BCUT2D eigenvalue weighted by atomic mass is 10.1. The van der Waals surface area contributed by atoms with E-state index in [0.29, 0.717) is 61.0 Å². The molecule has 0 radical (unpaired) electrons. The van der Waals surface area contributed by atoms with Crippen molar-refractivity contribution >= 4 is 69.2 Å². The summed E-state index contributed by atoms with van der Waals surface area (Å²) in [5.41, 5.74) is 2.27. The van der Waals surface area contributed by atoms with Crippen LogP contribution in [0.1, 0.15) is 18.1 Å². The predicted molar refractivity (Wildman–Crippen MR) is 147 cm³/mol. The lowest BCUT2D eigenvalue weighted by Crippen LogP contribution is -2.27. The van der Waals surface area contributed by atoms with E-state index in [1.807, 2.05) is 37.3 Å². The van der Waals surface area contributed by atoms with Gasteiger partial charge in [0.15, 0.2) is 15.8 Å². The molecule has 5 nitrogen and oxygen atoms in total. The highest BCUT2D eigenvalue weighted by Crippen LogP contribution is 2.41. The first-order valence-corrected chi connectivity index (χ1v) is 12.6. The second-order valence-corrected chi connectivity index (χ2v) is 9.86. The number of carbonyl (C=O) groups excluding carboxylic acids is 1. The van der Waals surface area contributed by atoms with Crippen molar-refractivity contribution in [3.8, 4) is 17.2 Å². The molecule has 35 heavy (non-hydrogen) atoms. The predicted octanol–water partition coefficient (Wildman–Crippen LogP) is 7.39. The van der Waals surface area contributed by atoms with Gasteiger partial charge in [0.1, 0.15) is 12.4 Å². The molecule has 1 saturated heterocycles. The Hall–Kier alpha value is -2.71. The van der Waals surface area contributed by atoms with Crippen LogP contribution in [0, 0.1) is 0 Å². The zero-order valence-corrected chi connectivity index (χ0v) is 22.1. The van der Waals surface area contributed by atoms with Gasteiger partial charge in [0.25, 0.3) is 5.91 Å². The zero-order valence-electron chi connectivity index (χ0n) is 18.9. The molecule has 0 saturated carbocycles. The molecule has 1 heterocycles. The topological polar surface area (TPSA) is 48.0 Å². The maximum absolute atomic E-state index is 13.2. The average molecular weight is 546 g/mol. The van der Waals surface area contributed by atoms with Crippen LogP contribution < -0.4 is 19.1 Å². The first-order chi connectivity index (χ1) is 16.9. The number of ether oxygens (including phenoxy) is 3. The highest BCUT2D eigenvalue weighted by Gasteiger charge is 2.33. The van der Waals surface area contributed by atoms with Crippen molar-refractivity contribution in [2.24, 2.45) is 0 Å².